The zero-order valence-corrected chi connectivity index (χ0v) is 12.6. The minimum Gasteiger partial charge on any atom is -0.314 e. The summed E-state index contributed by atoms with van der Waals surface area (Å²) in [4.78, 5) is 0. The van der Waals surface area contributed by atoms with Crippen LogP contribution < -0.4 is 5.32 Å². The molecule has 0 fully saturated rings. The van der Waals surface area contributed by atoms with Crippen LogP contribution in [0, 0.1) is 10.8 Å². The summed E-state index contributed by atoms with van der Waals surface area (Å²) in [5.41, 5.74) is 0.882. The maximum Gasteiger partial charge on any atom is 0.0115 e. The van der Waals surface area contributed by atoms with E-state index in [-0.39, 0.29) is 7.43 Å². The molecular weight excluding hydrogens is 206 g/mol. The summed E-state index contributed by atoms with van der Waals surface area (Å²) in [6.45, 7) is 17.3. The standard InChI is InChI=1S/C15H33N.CH4/c1-8-16-13(15(5,6)7)11-9-10-12-14(2,3)4;/h13,16H,8-12H2,1-7H3;1H4. The predicted octanol–water partition coefficient (Wildman–Crippen LogP) is 5.25. The van der Waals surface area contributed by atoms with Gasteiger partial charge in [-0.15, -0.1) is 0 Å². The van der Waals surface area contributed by atoms with Gasteiger partial charge in [-0.3, -0.25) is 0 Å². The molecular formula is C16H37N. The van der Waals surface area contributed by atoms with Crippen LogP contribution in [0.5, 0.6) is 0 Å². The van der Waals surface area contributed by atoms with Crippen LogP contribution in [0.25, 0.3) is 0 Å². The van der Waals surface area contributed by atoms with Crippen molar-refractivity contribution in [2.75, 3.05) is 6.54 Å². The molecule has 0 aromatic carbocycles. The molecule has 1 nitrogen and oxygen atoms in total. The Morgan fingerprint density at radius 2 is 1.47 bits per heavy atom. The van der Waals surface area contributed by atoms with E-state index >= 15 is 0 Å². The molecule has 1 atom stereocenters. The van der Waals surface area contributed by atoms with Gasteiger partial charge in [0.25, 0.3) is 0 Å². The third-order valence-electron chi connectivity index (χ3n) is 3.17. The summed E-state index contributed by atoms with van der Waals surface area (Å²) < 4.78 is 0. The van der Waals surface area contributed by atoms with Gasteiger partial charge in [-0.2, -0.15) is 0 Å². The highest BCUT2D eigenvalue weighted by atomic mass is 14.9. The summed E-state index contributed by atoms with van der Waals surface area (Å²) in [6, 6.07) is 0.664. The van der Waals surface area contributed by atoms with E-state index in [9.17, 15) is 0 Å². The van der Waals surface area contributed by atoms with Crippen molar-refractivity contribution in [3.8, 4) is 0 Å². The van der Waals surface area contributed by atoms with Crippen molar-refractivity contribution in [1.29, 1.82) is 0 Å². The molecule has 0 rings (SSSR count). The highest BCUT2D eigenvalue weighted by Crippen LogP contribution is 2.26. The van der Waals surface area contributed by atoms with Crippen molar-refractivity contribution in [2.24, 2.45) is 10.8 Å². The summed E-state index contributed by atoms with van der Waals surface area (Å²) in [7, 11) is 0. The molecule has 1 unspecified atom stereocenters. The molecule has 0 aliphatic carbocycles. The normalized spacial score (nSPS) is 14.3. The lowest BCUT2D eigenvalue weighted by atomic mass is 9.82. The molecule has 17 heavy (non-hydrogen) atoms. The first-order valence-electron chi connectivity index (χ1n) is 6.90. The van der Waals surface area contributed by atoms with Gasteiger partial charge in [0.15, 0.2) is 0 Å². The fourth-order valence-corrected chi connectivity index (χ4v) is 2.09. The highest BCUT2D eigenvalue weighted by Gasteiger charge is 2.23. The van der Waals surface area contributed by atoms with E-state index in [1.807, 2.05) is 0 Å². The molecule has 0 aliphatic rings. The lowest BCUT2D eigenvalue weighted by Gasteiger charge is -2.31. The third kappa shape index (κ3) is 10.8. The van der Waals surface area contributed by atoms with Crippen molar-refractivity contribution >= 4 is 0 Å². The van der Waals surface area contributed by atoms with E-state index < -0.39 is 0 Å². The summed E-state index contributed by atoms with van der Waals surface area (Å²) in [5.74, 6) is 0. The first-order valence-corrected chi connectivity index (χ1v) is 6.90. The van der Waals surface area contributed by atoms with E-state index in [4.69, 9.17) is 0 Å². The molecule has 0 radical (unpaired) electrons. The van der Waals surface area contributed by atoms with E-state index in [0.29, 0.717) is 16.9 Å². The van der Waals surface area contributed by atoms with Crippen LogP contribution in [0.1, 0.15) is 81.6 Å². The maximum atomic E-state index is 3.62. The average Bonchev–Trinajstić information content (AvgIpc) is 2.06. The van der Waals surface area contributed by atoms with Gasteiger partial charge >= 0.3 is 0 Å². The molecule has 0 aromatic rings. The molecule has 1 N–H and O–H groups in total. The predicted molar refractivity (Wildman–Crippen MR) is 81.6 cm³/mol. The van der Waals surface area contributed by atoms with Crippen LogP contribution in [-0.4, -0.2) is 12.6 Å². The molecule has 0 aliphatic heterocycles. The van der Waals surface area contributed by atoms with Gasteiger partial charge in [0.05, 0.1) is 0 Å². The van der Waals surface area contributed by atoms with Crippen molar-refractivity contribution in [3.05, 3.63) is 0 Å². The molecule has 0 heterocycles. The second-order valence-electron chi connectivity index (χ2n) is 7.28. The Morgan fingerprint density at radius 1 is 0.941 bits per heavy atom. The smallest absolute Gasteiger partial charge is 0.0115 e. The number of nitrogens with one attached hydrogen (secondary N) is 1. The van der Waals surface area contributed by atoms with E-state index in [2.05, 4.69) is 53.8 Å². The Morgan fingerprint density at radius 3 is 1.82 bits per heavy atom. The minimum atomic E-state index is 0. The SMILES string of the molecule is C.CCNC(CCCCC(C)(C)C)C(C)(C)C. The fourth-order valence-electron chi connectivity index (χ4n) is 2.09. The lowest BCUT2D eigenvalue weighted by Crippen LogP contribution is -2.40. The Balaban J connectivity index is 0. The second kappa shape index (κ2) is 8.13. The number of unbranched alkanes of at least 4 members (excludes halogenated alkanes) is 1. The van der Waals surface area contributed by atoms with Gasteiger partial charge in [-0.05, 0) is 30.2 Å². The van der Waals surface area contributed by atoms with Crippen molar-refractivity contribution in [2.45, 2.75) is 87.6 Å². The molecule has 0 amide bonds. The molecule has 0 saturated carbocycles. The second-order valence-corrected chi connectivity index (χ2v) is 7.28. The highest BCUT2D eigenvalue weighted by molar-refractivity contribution is 4.80. The van der Waals surface area contributed by atoms with E-state index in [0.717, 1.165) is 6.54 Å². The van der Waals surface area contributed by atoms with Crippen LogP contribution in [0.2, 0.25) is 0 Å². The molecule has 0 saturated heterocycles. The van der Waals surface area contributed by atoms with Gasteiger partial charge in [0.1, 0.15) is 0 Å². The van der Waals surface area contributed by atoms with Crippen LogP contribution in [-0.2, 0) is 0 Å². The summed E-state index contributed by atoms with van der Waals surface area (Å²) >= 11 is 0. The van der Waals surface area contributed by atoms with Gasteiger partial charge in [0, 0.05) is 6.04 Å². The average molecular weight is 243 g/mol. The lowest BCUT2D eigenvalue weighted by molar-refractivity contribution is 0.247. The number of hydrogen-bond acceptors (Lipinski definition) is 1. The van der Waals surface area contributed by atoms with Crippen molar-refractivity contribution < 1.29 is 0 Å². The van der Waals surface area contributed by atoms with Crippen molar-refractivity contribution in [1.82, 2.24) is 5.32 Å². The fraction of sp³-hybridized carbons (Fsp3) is 1.00. The quantitative estimate of drug-likeness (QED) is 0.628. The Kier molecular flexibility index (Phi) is 9.23. The van der Waals surface area contributed by atoms with Crippen LogP contribution in [0.3, 0.4) is 0 Å². The zero-order valence-electron chi connectivity index (χ0n) is 12.6. The topological polar surface area (TPSA) is 12.0 Å². The first-order chi connectivity index (χ1) is 7.17. The Hall–Kier alpha value is -0.0400. The number of hydrogen-bond donors (Lipinski definition) is 1. The molecule has 0 spiro atoms. The number of rotatable bonds is 6. The van der Waals surface area contributed by atoms with Gasteiger partial charge in [-0.1, -0.05) is 68.7 Å². The molecule has 0 bridgehead atoms. The summed E-state index contributed by atoms with van der Waals surface area (Å²) in [6.07, 6.45) is 5.37. The van der Waals surface area contributed by atoms with Gasteiger partial charge in [-0.25, -0.2) is 0 Å². The molecule has 1 heteroatoms. The van der Waals surface area contributed by atoms with Crippen molar-refractivity contribution in [3.63, 3.8) is 0 Å². The van der Waals surface area contributed by atoms with E-state index in [1.165, 1.54) is 25.7 Å². The van der Waals surface area contributed by atoms with Crippen LogP contribution in [0.4, 0.5) is 0 Å². The third-order valence-corrected chi connectivity index (χ3v) is 3.17. The minimum absolute atomic E-state index is 0. The zero-order chi connectivity index (χ0) is 12.8. The Bertz CT molecular complexity index is 171. The molecule has 0 aromatic heterocycles. The maximum absolute atomic E-state index is 3.62. The Labute approximate surface area is 111 Å². The van der Waals surface area contributed by atoms with Crippen LogP contribution >= 0.6 is 0 Å². The van der Waals surface area contributed by atoms with Crippen LogP contribution in [0.15, 0.2) is 0 Å². The van der Waals surface area contributed by atoms with E-state index in [1.54, 1.807) is 0 Å². The van der Waals surface area contributed by atoms with Gasteiger partial charge in [0.2, 0.25) is 0 Å². The largest absolute Gasteiger partial charge is 0.314 e. The monoisotopic (exact) mass is 243 g/mol. The first kappa shape index (κ1) is 19.3. The summed E-state index contributed by atoms with van der Waals surface area (Å²) in [5, 5.41) is 3.62. The molecule has 106 valence electrons. The van der Waals surface area contributed by atoms with Gasteiger partial charge < -0.3 is 5.32 Å².